The number of nitrogens with zero attached hydrogens (tertiary/aromatic N) is 3. The molecule has 3 heterocycles. The molecule has 1 aromatic rings. The summed E-state index contributed by atoms with van der Waals surface area (Å²) in [7, 11) is 0. The number of rotatable bonds is 2. The topological polar surface area (TPSA) is 53.0 Å². The van der Waals surface area contributed by atoms with Gasteiger partial charge in [-0.2, -0.15) is 0 Å². The van der Waals surface area contributed by atoms with Gasteiger partial charge in [-0.1, -0.05) is 23.9 Å². The normalized spacial score (nSPS) is 19.2. The van der Waals surface area contributed by atoms with Crippen LogP contribution in [0.25, 0.3) is 0 Å². The average Bonchev–Trinajstić information content (AvgIpc) is 3.12. The summed E-state index contributed by atoms with van der Waals surface area (Å²) in [6, 6.07) is 6.97. The van der Waals surface area contributed by atoms with Gasteiger partial charge in [-0.15, -0.1) is 17.0 Å². The molecule has 0 saturated heterocycles. The van der Waals surface area contributed by atoms with Gasteiger partial charge in [-0.25, -0.2) is 0 Å². The van der Waals surface area contributed by atoms with Crippen LogP contribution >= 0.6 is 28.7 Å². The van der Waals surface area contributed by atoms with Gasteiger partial charge in [-0.05, 0) is 12.1 Å². The third-order valence-corrected chi connectivity index (χ3v) is 4.60. The summed E-state index contributed by atoms with van der Waals surface area (Å²) < 4.78 is 0. The quantitative estimate of drug-likeness (QED) is 0.753. The molecule has 0 atom stereocenters. The van der Waals surface area contributed by atoms with Crippen LogP contribution in [0, 0.1) is 0 Å². The molecule has 7 heteroatoms. The Hall–Kier alpha value is -1.60. The lowest BCUT2D eigenvalue weighted by molar-refractivity contribution is 0.0662. The number of amides is 2. The van der Waals surface area contributed by atoms with Crippen molar-refractivity contribution in [1.29, 1.82) is 0 Å². The second-order valence-electron chi connectivity index (χ2n) is 4.79. The fraction of sp³-hybridized carbons (Fsp3) is 0.214. The standard InChI is InChI=1S/C14H11N3O2S.BrH/c18-12-10-3-1-2-4-11(10)13(19)17(12)7-9-8-20-14-15-5-6-16(9)14;/h1-4,8H,5-7H2;1H. The van der Waals surface area contributed by atoms with E-state index in [0.29, 0.717) is 17.7 Å². The van der Waals surface area contributed by atoms with Gasteiger partial charge in [0, 0.05) is 17.6 Å². The lowest BCUT2D eigenvalue weighted by Gasteiger charge is -2.21. The van der Waals surface area contributed by atoms with Crippen molar-refractivity contribution in [2.75, 3.05) is 19.6 Å². The van der Waals surface area contributed by atoms with Gasteiger partial charge in [0.25, 0.3) is 11.8 Å². The number of fused-ring (bicyclic) bond motifs is 2. The van der Waals surface area contributed by atoms with Crippen molar-refractivity contribution < 1.29 is 9.59 Å². The van der Waals surface area contributed by atoms with E-state index in [4.69, 9.17) is 0 Å². The van der Waals surface area contributed by atoms with Crippen molar-refractivity contribution in [2.45, 2.75) is 0 Å². The lowest BCUT2D eigenvalue weighted by Crippen LogP contribution is -2.35. The molecular formula is C14H12BrN3O2S. The Morgan fingerprint density at radius 2 is 1.81 bits per heavy atom. The average molecular weight is 366 g/mol. The number of amidine groups is 1. The van der Waals surface area contributed by atoms with Crippen LogP contribution in [0.3, 0.4) is 0 Å². The van der Waals surface area contributed by atoms with Crippen LogP contribution in [0.1, 0.15) is 20.7 Å². The molecule has 21 heavy (non-hydrogen) atoms. The predicted molar refractivity (Wildman–Crippen MR) is 86.8 cm³/mol. The highest BCUT2D eigenvalue weighted by atomic mass is 79.9. The lowest BCUT2D eigenvalue weighted by atomic mass is 10.1. The third-order valence-electron chi connectivity index (χ3n) is 3.65. The van der Waals surface area contributed by atoms with E-state index < -0.39 is 0 Å². The van der Waals surface area contributed by atoms with Crippen molar-refractivity contribution in [3.8, 4) is 0 Å². The molecule has 0 spiro atoms. The molecule has 0 aliphatic carbocycles. The van der Waals surface area contributed by atoms with Gasteiger partial charge in [-0.3, -0.25) is 19.5 Å². The summed E-state index contributed by atoms with van der Waals surface area (Å²) in [5.74, 6) is -0.415. The first-order chi connectivity index (χ1) is 9.75. The van der Waals surface area contributed by atoms with Crippen molar-refractivity contribution in [3.05, 3.63) is 46.5 Å². The number of imide groups is 1. The largest absolute Gasteiger partial charge is 0.321 e. The van der Waals surface area contributed by atoms with Crippen LogP contribution < -0.4 is 0 Å². The number of hydrogen-bond acceptors (Lipinski definition) is 5. The molecule has 3 aliphatic rings. The molecular weight excluding hydrogens is 354 g/mol. The molecule has 0 radical (unpaired) electrons. The number of halogens is 1. The highest BCUT2D eigenvalue weighted by molar-refractivity contribution is 8.93. The number of aliphatic imine (C=N–C) groups is 1. The van der Waals surface area contributed by atoms with Crippen LogP contribution in [0.2, 0.25) is 0 Å². The second-order valence-corrected chi connectivity index (χ2v) is 5.62. The van der Waals surface area contributed by atoms with E-state index in [1.807, 2.05) is 5.41 Å². The summed E-state index contributed by atoms with van der Waals surface area (Å²) in [4.78, 5) is 32.4. The van der Waals surface area contributed by atoms with Gasteiger partial charge in [0.15, 0.2) is 5.17 Å². The fourth-order valence-electron chi connectivity index (χ4n) is 2.65. The van der Waals surface area contributed by atoms with Crippen molar-refractivity contribution >= 4 is 45.7 Å². The van der Waals surface area contributed by atoms with Gasteiger partial charge in [0.2, 0.25) is 0 Å². The Morgan fingerprint density at radius 1 is 1.14 bits per heavy atom. The zero-order chi connectivity index (χ0) is 13.7. The van der Waals surface area contributed by atoms with Crippen LogP contribution in [0.5, 0.6) is 0 Å². The molecule has 0 fully saturated rings. The van der Waals surface area contributed by atoms with Crippen molar-refractivity contribution in [2.24, 2.45) is 4.99 Å². The molecule has 5 nitrogen and oxygen atoms in total. The maximum Gasteiger partial charge on any atom is 0.261 e. The van der Waals surface area contributed by atoms with Crippen molar-refractivity contribution in [1.82, 2.24) is 9.80 Å². The van der Waals surface area contributed by atoms with E-state index in [2.05, 4.69) is 9.89 Å². The zero-order valence-electron chi connectivity index (χ0n) is 11.0. The zero-order valence-corrected chi connectivity index (χ0v) is 13.5. The van der Waals surface area contributed by atoms with E-state index in [0.717, 1.165) is 24.0 Å². The summed E-state index contributed by atoms with van der Waals surface area (Å²) in [6.45, 7) is 1.93. The third kappa shape index (κ3) is 2.11. The second kappa shape index (κ2) is 5.31. The van der Waals surface area contributed by atoms with E-state index in [9.17, 15) is 9.59 Å². The number of carbonyl (C=O) groups excluding carboxylic acids is 2. The van der Waals surface area contributed by atoms with Crippen LogP contribution in [-0.2, 0) is 0 Å². The molecule has 0 saturated carbocycles. The fourth-order valence-corrected chi connectivity index (χ4v) is 3.59. The van der Waals surface area contributed by atoms with Crippen molar-refractivity contribution in [3.63, 3.8) is 0 Å². The first-order valence-corrected chi connectivity index (χ1v) is 7.26. The van der Waals surface area contributed by atoms with Gasteiger partial charge in [0.05, 0.1) is 24.2 Å². The molecule has 0 aromatic heterocycles. The van der Waals surface area contributed by atoms with E-state index in [1.165, 1.54) is 4.90 Å². The molecule has 3 aliphatic heterocycles. The van der Waals surface area contributed by atoms with Gasteiger partial charge < -0.3 is 4.90 Å². The smallest absolute Gasteiger partial charge is 0.261 e. The van der Waals surface area contributed by atoms with E-state index >= 15 is 0 Å². The van der Waals surface area contributed by atoms with Crippen LogP contribution in [0.4, 0.5) is 0 Å². The summed E-state index contributed by atoms with van der Waals surface area (Å²) >= 11 is 1.56. The monoisotopic (exact) mass is 365 g/mol. The van der Waals surface area contributed by atoms with Gasteiger partial charge in [0.1, 0.15) is 0 Å². The first kappa shape index (κ1) is 14.3. The highest BCUT2D eigenvalue weighted by Gasteiger charge is 2.37. The minimum Gasteiger partial charge on any atom is -0.321 e. The molecule has 0 bridgehead atoms. The minimum atomic E-state index is -0.207. The highest BCUT2D eigenvalue weighted by Crippen LogP contribution is 2.31. The van der Waals surface area contributed by atoms with Gasteiger partial charge >= 0.3 is 0 Å². The first-order valence-electron chi connectivity index (χ1n) is 6.38. The minimum absolute atomic E-state index is 0. The summed E-state index contributed by atoms with van der Waals surface area (Å²) in [6.07, 6.45) is 0. The number of hydrogen-bond donors (Lipinski definition) is 0. The molecule has 0 N–H and O–H groups in total. The number of thioether (sulfide) groups is 1. The molecule has 4 rings (SSSR count). The molecule has 2 amide bonds. The molecule has 0 unspecified atom stereocenters. The summed E-state index contributed by atoms with van der Waals surface area (Å²) in [5.41, 5.74) is 1.97. The Labute approximate surface area is 136 Å². The Kier molecular flexibility index (Phi) is 3.62. The Balaban J connectivity index is 0.00000132. The van der Waals surface area contributed by atoms with Crippen LogP contribution in [0.15, 0.2) is 40.4 Å². The Morgan fingerprint density at radius 3 is 2.48 bits per heavy atom. The van der Waals surface area contributed by atoms with E-state index in [1.54, 1.807) is 36.0 Å². The van der Waals surface area contributed by atoms with Crippen LogP contribution in [-0.4, -0.2) is 46.4 Å². The maximum atomic E-state index is 12.3. The molecule has 1 aromatic carbocycles. The molecule has 108 valence electrons. The maximum absolute atomic E-state index is 12.3. The Bertz CT molecular complexity index is 666. The number of carbonyl (C=O) groups is 2. The predicted octanol–water partition coefficient (Wildman–Crippen LogP) is 2.12. The summed E-state index contributed by atoms with van der Waals surface area (Å²) in [5, 5.41) is 2.94. The number of benzene rings is 1. The van der Waals surface area contributed by atoms with E-state index in [-0.39, 0.29) is 28.8 Å². The SMILES string of the molecule is Br.O=C1c2ccccc2C(=O)N1CC1=CSC2=NCCN12.